The van der Waals surface area contributed by atoms with Crippen LogP contribution in [0.4, 0.5) is 0 Å². The molecule has 5 N–H and O–H groups in total. The second kappa shape index (κ2) is 14.5. The number of nitrogens with two attached hydrogens (primary N) is 2. The van der Waals surface area contributed by atoms with Crippen LogP contribution in [-0.4, -0.2) is 58.3 Å². The predicted molar refractivity (Wildman–Crippen MR) is 122 cm³/mol. The molecule has 6 nitrogen and oxygen atoms in total. The minimum absolute atomic E-state index is 0. The molecule has 0 fully saturated rings. The van der Waals surface area contributed by atoms with E-state index in [9.17, 15) is 5.11 Å². The van der Waals surface area contributed by atoms with Gasteiger partial charge in [0.15, 0.2) is 5.96 Å². The highest BCUT2D eigenvalue weighted by atomic mass is 35.5. The van der Waals surface area contributed by atoms with Gasteiger partial charge in [-0.05, 0) is 44.6 Å². The second-order valence-corrected chi connectivity index (χ2v) is 8.38. The highest BCUT2D eigenvalue weighted by Gasteiger charge is 2.46. The lowest BCUT2D eigenvalue weighted by molar-refractivity contribution is -0.539. The van der Waals surface area contributed by atoms with E-state index < -0.39 is 5.72 Å². The highest BCUT2D eigenvalue weighted by Crippen LogP contribution is 2.30. The van der Waals surface area contributed by atoms with E-state index in [0.717, 1.165) is 64.6 Å². The molecule has 30 heavy (non-hydrogen) atoms. The van der Waals surface area contributed by atoms with E-state index >= 15 is 0 Å². The lowest BCUT2D eigenvalue weighted by Crippen LogP contribution is -3.00. The summed E-state index contributed by atoms with van der Waals surface area (Å²) in [6.45, 7) is 7.53. The molecule has 0 aromatic rings. The lowest BCUT2D eigenvalue weighted by atomic mass is 10.0. The summed E-state index contributed by atoms with van der Waals surface area (Å²) in [7, 11) is 0. The fourth-order valence-corrected chi connectivity index (χ4v) is 4.33. The van der Waals surface area contributed by atoms with Gasteiger partial charge in [-0.25, -0.2) is 4.90 Å². The number of hydrogen-bond acceptors (Lipinski definition) is 3. The number of aliphatic imine (C=N–C) groups is 1. The summed E-state index contributed by atoms with van der Waals surface area (Å²) in [6, 6.07) is 0. The van der Waals surface area contributed by atoms with E-state index in [1.54, 1.807) is 0 Å². The number of halogens is 1. The Hall–Kier alpha value is -1.53. The number of aliphatic hydroxyl groups is 1. The van der Waals surface area contributed by atoms with Crippen molar-refractivity contribution in [3.05, 3.63) is 24.8 Å². The van der Waals surface area contributed by atoms with Crippen LogP contribution in [-0.2, 0) is 0 Å². The Balaban J connectivity index is 0.00000450. The fourth-order valence-electron chi connectivity index (χ4n) is 4.33. The summed E-state index contributed by atoms with van der Waals surface area (Å²) in [5.74, 6) is 1.38. The fraction of sp³-hybridized carbons (Fsp3) is 0.739. The van der Waals surface area contributed by atoms with Crippen molar-refractivity contribution in [2.24, 2.45) is 16.5 Å². The Kier molecular flexibility index (Phi) is 12.8. The average molecular weight is 440 g/mol. The molecule has 1 atom stereocenters. The van der Waals surface area contributed by atoms with Gasteiger partial charge in [0.2, 0.25) is 5.72 Å². The molecule has 0 saturated carbocycles. The van der Waals surface area contributed by atoms with Crippen molar-refractivity contribution in [3.8, 4) is 0 Å². The van der Waals surface area contributed by atoms with Crippen LogP contribution in [0.5, 0.6) is 0 Å². The average Bonchev–Trinajstić information content (AvgIpc) is 3.04. The summed E-state index contributed by atoms with van der Waals surface area (Å²) < 4.78 is 2.43. The van der Waals surface area contributed by atoms with E-state index in [1.807, 2.05) is 12.2 Å². The van der Waals surface area contributed by atoms with Crippen LogP contribution in [0.1, 0.15) is 77.0 Å². The first kappa shape index (κ1) is 26.5. The van der Waals surface area contributed by atoms with Gasteiger partial charge in [0.25, 0.3) is 5.84 Å². The third-order valence-corrected chi connectivity index (χ3v) is 5.96. The number of hydrogen-bond donors (Lipinski definition) is 3. The molecular weight excluding hydrogens is 398 g/mol. The first-order chi connectivity index (χ1) is 14.1. The second-order valence-electron chi connectivity index (χ2n) is 8.38. The van der Waals surface area contributed by atoms with Gasteiger partial charge < -0.3 is 29.0 Å². The number of amidine groups is 1. The zero-order valence-electron chi connectivity index (χ0n) is 18.6. The van der Waals surface area contributed by atoms with E-state index in [1.165, 1.54) is 37.9 Å². The van der Waals surface area contributed by atoms with Gasteiger partial charge in [0.05, 0.1) is 19.6 Å². The van der Waals surface area contributed by atoms with Crippen molar-refractivity contribution >= 4 is 11.8 Å². The van der Waals surface area contributed by atoms with E-state index in [-0.39, 0.29) is 18.4 Å². The molecule has 0 saturated heterocycles. The van der Waals surface area contributed by atoms with Crippen molar-refractivity contribution in [1.82, 2.24) is 4.90 Å². The van der Waals surface area contributed by atoms with Crippen molar-refractivity contribution in [3.63, 3.8) is 0 Å². The smallest absolute Gasteiger partial charge is 0.274 e. The maximum atomic E-state index is 11.2. The Morgan fingerprint density at radius 1 is 1.13 bits per heavy atom. The standard InChI is InChI=1S/C23H42N5O.ClH/c1-2-3-4-5-6-7-8-10-15-23(29)16-14-21-27(19-13-20-28(21)23)18-12-9-11-17-26-22(24)25;/h2,14,16,29H,1,3-13,15,17-20H2,(H4,24,25,26);1H/q+1;/p-1. The summed E-state index contributed by atoms with van der Waals surface area (Å²) >= 11 is 0. The van der Waals surface area contributed by atoms with Crippen molar-refractivity contribution in [2.75, 3.05) is 26.2 Å². The summed E-state index contributed by atoms with van der Waals surface area (Å²) in [5, 5.41) is 11.2. The van der Waals surface area contributed by atoms with Crippen LogP contribution in [0.25, 0.3) is 0 Å². The molecule has 2 aliphatic rings. The maximum Gasteiger partial charge on any atom is 0.274 e. The van der Waals surface area contributed by atoms with Crippen LogP contribution < -0.4 is 23.9 Å². The number of guanidine groups is 1. The normalized spacial score (nSPS) is 20.1. The van der Waals surface area contributed by atoms with Crippen molar-refractivity contribution in [2.45, 2.75) is 82.8 Å². The molecule has 0 spiro atoms. The lowest BCUT2D eigenvalue weighted by Gasteiger charge is -2.32. The number of nitrogens with zero attached hydrogens (tertiary/aromatic N) is 3. The van der Waals surface area contributed by atoms with Gasteiger partial charge in [-0.1, -0.05) is 31.8 Å². The van der Waals surface area contributed by atoms with Crippen LogP contribution in [0.15, 0.2) is 29.8 Å². The van der Waals surface area contributed by atoms with Crippen molar-refractivity contribution < 1.29 is 22.1 Å². The van der Waals surface area contributed by atoms with Gasteiger partial charge in [-0.2, -0.15) is 0 Å². The van der Waals surface area contributed by atoms with Gasteiger partial charge >= 0.3 is 0 Å². The zero-order chi connectivity index (χ0) is 21.0. The topological polar surface area (TPSA) is 90.9 Å². The zero-order valence-corrected chi connectivity index (χ0v) is 19.3. The Morgan fingerprint density at radius 3 is 2.57 bits per heavy atom. The molecule has 1 unspecified atom stereocenters. The molecule has 2 heterocycles. The molecule has 0 aromatic carbocycles. The Labute approximate surface area is 189 Å². The summed E-state index contributed by atoms with van der Waals surface area (Å²) in [4.78, 5) is 6.26. The van der Waals surface area contributed by atoms with Crippen LogP contribution in [0.2, 0.25) is 0 Å². The van der Waals surface area contributed by atoms with E-state index in [2.05, 4.69) is 27.1 Å². The molecule has 0 radical (unpaired) electrons. The SMILES string of the molecule is C=CCCCCCCCCC1(O)C=CC2=[N+](CCCCCN=C(N)N)CCCN21.[Cl-]. The predicted octanol–water partition coefficient (Wildman–Crippen LogP) is 0.116. The van der Waals surface area contributed by atoms with E-state index in [0.29, 0.717) is 6.54 Å². The van der Waals surface area contributed by atoms with Gasteiger partial charge in [0.1, 0.15) is 0 Å². The summed E-state index contributed by atoms with van der Waals surface area (Å²) in [6.07, 6.45) is 19.8. The Bertz CT molecular complexity index is 600. The molecule has 2 aliphatic heterocycles. The molecule has 2 rings (SSSR count). The molecule has 172 valence electrons. The third kappa shape index (κ3) is 8.68. The molecule has 0 aromatic heterocycles. The third-order valence-electron chi connectivity index (χ3n) is 5.96. The van der Waals surface area contributed by atoms with Crippen LogP contribution >= 0.6 is 0 Å². The minimum Gasteiger partial charge on any atom is -1.00 e. The number of rotatable bonds is 15. The molecule has 0 amide bonds. The van der Waals surface area contributed by atoms with Crippen molar-refractivity contribution in [1.29, 1.82) is 0 Å². The van der Waals surface area contributed by atoms with E-state index in [4.69, 9.17) is 11.5 Å². The number of allylic oxidation sites excluding steroid dienone is 1. The molecule has 0 aliphatic carbocycles. The first-order valence-electron chi connectivity index (χ1n) is 11.5. The van der Waals surface area contributed by atoms with Gasteiger partial charge in [-0.15, -0.1) is 6.58 Å². The summed E-state index contributed by atoms with van der Waals surface area (Å²) in [5.41, 5.74) is 9.93. The maximum absolute atomic E-state index is 11.2. The Morgan fingerprint density at radius 2 is 1.83 bits per heavy atom. The quantitative estimate of drug-likeness (QED) is 0.111. The van der Waals surface area contributed by atoms with Gasteiger partial charge in [0, 0.05) is 25.5 Å². The minimum atomic E-state index is -0.787. The van der Waals surface area contributed by atoms with Gasteiger partial charge in [-0.3, -0.25) is 9.57 Å². The first-order valence-corrected chi connectivity index (χ1v) is 11.5. The van der Waals surface area contributed by atoms with Crippen LogP contribution in [0, 0.1) is 0 Å². The monoisotopic (exact) mass is 439 g/mol. The molecular formula is C23H42ClN5O. The largest absolute Gasteiger partial charge is 1.00 e. The molecule has 7 heteroatoms. The molecule has 0 bridgehead atoms. The number of fused-ring (bicyclic) bond motifs is 1. The number of unbranched alkanes of at least 4 members (excludes halogenated alkanes) is 8. The van der Waals surface area contributed by atoms with Crippen LogP contribution in [0.3, 0.4) is 0 Å². The highest BCUT2D eigenvalue weighted by molar-refractivity contribution is 5.92.